The van der Waals surface area contributed by atoms with Crippen LogP contribution in [0, 0.1) is 17.2 Å². The summed E-state index contributed by atoms with van der Waals surface area (Å²) in [6.07, 6.45) is 3.30. The first-order valence-electron chi connectivity index (χ1n) is 9.70. The minimum atomic E-state index is -0.887. The highest BCUT2D eigenvalue weighted by molar-refractivity contribution is 6.30. The minimum Gasteiger partial charge on any atom is -0.454 e. The highest BCUT2D eigenvalue weighted by atomic mass is 35.5. The van der Waals surface area contributed by atoms with E-state index >= 15 is 0 Å². The van der Waals surface area contributed by atoms with E-state index in [1.807, 2.05) is 13.8 Å². The van der Waals surface area contributed by atoms with E-state index in [2.05, 4.69) is 16.7 Å². The van der Waals surface area contributed by atoms with Crippen molar-refractivity contribution in [2.24, 2.45) is 5.92 Å². The Morgan fingerprint density at radius 2 is 1.83 bits per heavy atom. The topological polar surface area (TPSA) is 108 Å². The van der Waals surface area contributed by atoms with E-state index in [4.69, 9.17) is 16.3 Å². The van der Waals surface area contributed by atoms with E-state index in [-0.39, 0.29) is 5.92 Å². The molecule has 0 bridgehead atoms. The molecule has 29 heavy (non-hydrogen) atoms. The maximum Gasteiger partial charge on any atom is 0.329 e. The lowest BCUT2D eigenvalue weighted by Crippen LogP contribution is -2.48. The fourth-order valence-corrected chi connectivity index (χ4v) is 3.44. The highest BCUT2D eigenvalue weighted by Gasteiger charge is 2.35. The summed E-state index contributed by atoms with van der Waals surface area (Å²) in [5.41, 5.74) is -0.505. The zero-order valence-electron chi connectivity index (χ0n) is 16.7. The van der Waals surface area contributed by atoms with Crippen molar-refractivity contribution in [2.45, 2.75) is 57.5 Å². The Hall–Kier alpha value is -2.59. The normalized spacial score (nSPS) is 16.0. The van der Waals surface area contributed by atoms with Crippen molar-refractivity contribution in [1.82, 2.24) is 10.6 Å². The van der Waals surface area contributed by atoms with Crippen molar-refractivity contribution < 1.29 is 19.1 Å². The molecule has 156 valence electrons. The van der Waals surface area contributed by atoms with Crippen LogP contribution >= 0.6 is 11.6 Å². The number of rotatable bonds is 8. The van der Waals surface area contributed by atoms with Crippen LogP contribution < -0.4 is 10.6 Å². The predicted octanol–water partition coefficient (Wildman–Crippen LogP) is 2.98. The highest BCUT2D eigenvalue weighted by Crippen LogP contribution is 2.28. The van der Waals surface area contributed by atoms with Crippen molar-refractivity contribution in [1.29, 1.82) is 5.26 Å². The molecule has 7 nitrogen and oxygen atoms in total. The molecule has 0 radical (unpaired) electrons. The molecule has 0 unspecified atom stereocenters. The first-order chi connectivity index (χ1) is 13.7. The SMILES string of the molecule is CC(C)C[C@H](NC(=O)c1ccc(Cl)cc1)C(=O)OCC(=O)NC1(C#N)CCCC1. The summed E-state index contributed by atoms with van der Waals surface area (Å²) in [6.45, 7) is 3.34. The Morgan fingerprint density at radius 1 is 1.21 bits per heavy atom. The zero-order valence-corrected chi connectivity index (χ0v) is 17.4. The monoisotopic (exact) mass is 419 g/mol. The van der Waals surface area contributed by atoms with Crippen LogP contribution in [-0.2, 0) is 14.3 Å². The second-order valence-corrected chi connectivity index (χ2v) is 8.16. The number of amides is 2. The maximum absolute atomic E-state index is 12.5. The summed E-state index contributed by atoms with van der Waals surface area (Å²) < 4.78 is 5.13. The molecule has 2 N–H and O–H groups in total. The summed E-state index contributed by atoms with van der Waals surface area (Å²) in [5.74, 6) is -1.52. The van der Waals surface area contributed by atoms with Crippen LogP contribution in [0.25, 0.3) is 0 Å². The maximum atomic E-state index is 12.5. The van der Waals surface area contributed by atoms with E-state index in [0.29, 0.717) is 29.8 Å². The molecule has 1 aliphatic rings. The number of carbonyl (C=O) groups excluding carboxylic acids is 3. The Kier molecular flexibility index (Phi) is 8.03. The third-order valence-electron chi connectivity index (χ3n) is 4.80. The molecule has 1 aromatic carbocycles. The van der Waals surface area contributed by atoms with E-state index in [9.17, 15) is 19.6 Å². The van der Waals surface area contributed by atoms with E-state index in [1.54, 1.807) is 24.3 Å². The molecule has 0 heterocycles. The molecule has 1 saturated carbocycles. The Balaban J connectivity index is 1.94. The van der Waals surface area contributed by atoms with E-state index in [0.717, 1.165) is 12.8 Å². The van der Waals surface area contributed by atoms with Crippen molar-refractivity contribution in [3.63, 3.8) is 0 Å². The summed E-state index contributed by atoms with van der Waals surface area (Å²) in [5, 5.41) is 15.2. The average Bonchev–Trinajstić information content (AvgIpc) is 3.14. The van der Waals surface area contributed by atoms with Gasteiger partial charge in [0.05, 0.1) is 6.07 Å². The molecule has 0 aromatic heterocycles. The van der Waals surface area contributed by atoms with E-state index in [1.165, 1.54) is 0 Å². The second-order valence-electron chi connectivity index (χ2n) is 7.72. The molecule has 0 saturated heterocycles. The third kappa shape index (κ3) is 6.75. The first-order valence-corrected chi connectivity index (χ1v) is 10.1. The zero-order chi connectivity index (χ0) is 21.4. The first kappa shape index (κ1) is 22.7. The van der Waals surface area contributed by atoms with Gasteiger partial charge in [0.25, 0.3) is 11.8 Å². The molecule has 1 atom stereocenters. The number of hydrogen-bond donors (Lipinski definition) is 2. The number of nitrogens with zero attached hydrogens (tertiary/aromatic N) is 1. The molecule has 8 heteroatoms. The molecule has 1 aliphatic carbocycles. The summed E-state index contributed by atoms with van der Waals surface area (Å²) in [4.78, 5) is 37.1. The quantitative estimate of drug-likeness (QED) is 0.629. The second kappa shape index (κ2) is 10.3. The van der Waals surface area contributed by atoms with Gasteiger partial charge in [-0.05, 0) is 62.3 Å². The van der Waals surface area contributed by atoms with Crippen LogP contribution in [-0.4, -0.2) is 36.0 Å². The largest absolute Gasteiger partial charge is 0.454 e. The molecule has 0 spiro atoms. The molecule has 2 rings (SSSR count). The van der Waals surface area contributed by atoms with Gasteiger partial charge in [0.1, 0.15) is 11.6 Å². The summed E-state index contributed by atoms with van der Waals surface area (Å²) in [7, 11) is 0. The van der Waals surface area contributed by atoms with Crippen LogP contribution in [0.3, 0.4) is 0 Å². The minimum absolute atomic E-state index is 0.118. The molecule has 0 aliphatic heterocycles. The van der Waals surface area contributed by atoms with Gasteiger partial charge in [0.15, 0.2) is 6.61 Å². The van der Waals surface area contributed by atoms with Gasteiger partial charge < -0.3 is 15.4 Å². The van der Waals surface area contributed by atoms with Crippen molar-refractivity contribution >= 4 is 29.4 Å². The lowest BCUT2D eigenvalue weighted by atomic mass is 10.00. The van der Waals surface area contributed by atoms with Gasteiger partial charge in [-0.1, -0.05) is 25.4 Å². The predicted molar refractivity (Wildman–Crippen MR) is 108 cm³/mol. The van der Waals surface area contributed by atoms with Crippen LogP contribution in [0.4, 0.5) is 0 Å². The molecular formula is C21H26ClN3O4. The number of benzene rings is 1. The van der Waals surface area contributed by atoms with Gasteiger partial charge in [-0.15, -0.1) is 0 Å². The fraction of sp³-hybridized carbons (Fsp3) is 0.524. The van der Waals surface area contributed by atoms with Gasteiger partial charge in [0, 0.05) is 10.6 Å². The lowest BCUT2D eigenvalue weighted by Gasteiger charge is -2.23. The lowest BCUT2D eigenvalue weighted by molar-refractivity contribution is -0.151. The number of esters is 1. The number of nitriles is 1. The number of carbonyl (C=O) groups is 3. The van der Waals surface area contributed by atoms with Gasteiger partial charge in [0.2, 0.25) is 0 Å². The average molecular weight is 420 g/mol. The standard InChI is InChI=1S/C21H26ClN3O4/c1-14(2)11-17(24-19(27)15-5-7-16(22)8-6-15)20(28)29-12-18(26)25-21(13-23)9-3-4-10-21/h5-8,14,17H,3-4,9-12H2,1-2H3,(H,24,27)(H,25,26)/t17-/m0/s1. The van der Waals surface area contributed by atoms with E-state index < -0.39 is 36.0 Å². The molecule has 2 amide bonds. The van der Waals surface area contributed by atoms with Crippen LogP contribution in [0.5, 0.6) is 0 Å². The van der Waals surface area contributed by atoms with Gasteiger partial charge in [-0.25, -0.2) is 4.79 Å². The van der Waals surface area contributed by atoms with Gasteiger partial charge in [-0.3, -0.25) is 9.59 Å². The van der Waals surface area contributed by atoms with Crippen molar-refractivity contribution in [2.75, 3.05) is 6.61 Å². The smallest absolute Gasteiger partial charge is 0.329 e. The number of halogens is 1. The van der Waals surface area contributed by atoms with Crippen LogP contribution in [0.15, 0.2) is 24.3 Å². The van der Waals surface area contributed by atoms with Gasteiger partial charge >= 0.3 is 5.97 Å². The Morgan fingerprint density at radius 3 is 2.38 bits per heavy atom. The van der Waals surface area contributed by atoms with Crippen molar-refractivity contribution in [3.8, 4) is 6.07 Å². The number of hydrogen-bond acceptors (Lipinski definition) is 5. The van der Waals surface area contributed by atoms with Crippen molar-refractivity contribution in [3.05, 3.63) is 34.9 Å². The summed E-state index contributed by atoms with van der Waals surface area (Å²) in [6, 6.07) is 7.57. The molecule has 1 aromatic rings. The Bertz CT molecular complexity index is 780. The van der Waals surface area contributed by atoms with Crippen LogP contribution in [0.1, 0.15) is 56.3 Å². The molecular weight excluding hydrogens is 394 g/mol. The third-order valence-corrected chi connectivity index (χ3v) is 5.05. The number of ether oxygens (including phenoxy) is 1. The molecule has 1 fully saturated rings. The Labute approximate surface area is 175 Å². The summed E-state index contributed by atoms with van der Waals surface area (Å²) >= 11 is 5.83. The van der Waals surface area contributed by atoms with Crippen LogP contribution in [0.2, 0.25) is 5.02 Å². The van der Waals surface area contributed by atoms with Gasteiger partial charge in [-0.2, -0.15) is 5.26 Å². The fourth-order valence-electron chi connectivity index (χ4n) is 3.31. The number of nitrogens with one attached hydrogen (secondary N) is 2.